The Bertz CT molecular complexity index is 257. The first-order valence-corrected chi connectivity index (χ1v) is 4.71. The number of hydrogen-bond donors (Lipinski definition) is 2. The molecule has 1 aliphatic carbocycles. The molecular formula is C10H16O4. The van der Waals surface area contributed by atoms with Crippen molar-refractivity contribution in [1.29, 1.82) is 0 Å². The second-order valence-electron chi connectivity index (χ2n) is 3.02. The van der Waals surface area contributed by atoms with Crippen LogP contribution in [0.2, 0.25) is 0 Å². The van der Waals surface area contributed by atoms with Gasteiger partial charge in [0.25, 0.3) is 0 Å². The molecule has 14 heavy (non-hydrogen) atoms. The fourth-order valence-electron chi connectivity index (χ4n) is 1.37. The molecule has 0 aliphatic heterocycles. The lowest BCUT2D eigenvalue weighted by atomic mass is 10.0. The minimum Gasteiger partial charge on any atom is -0.512 e. The van der Waals surface area contributed by atoms with Gasteiger partial charge in [-0.15, -0.1) is 0 Å². The minimum absolute atomic E-state index is 0.0344. The van der Waals surface area contributed by atoms with E-state index < -0.39 is 5.79 Å². The van der Waals surface area contributed by atoms with Crippen molar-refractivity contribution in [2.24, 2.45) is 0 Å². The molecule has 0 spiro atoms. The van der Waals surface area contributed by atoms with Crippen LogP contribution in [-0.2, 0) is 9.47 Å². The molecule has 1 unspecified atom stereocenters. The van der Waals surface area contributed by atoms with Crippen LogP contribution in [0.3, 0.4) is 0 Å². The van der Waals surface area contributed by atoms with Crippen LogP contribution in [0.1, 0.15) is 20.3 Å². The summed E-state index contributed by atoms with van der Waals surface area (Å²) in [6, 6.07) is 0. The molecule has 0 saturated carbocycles. The van der Waals surface area contributed by atoms with Crippen molar-refractivity contribution >= 4 is 0 Å². The van der Waals surface area contributed by atoms with Crippen molar-refractivity contribution in [1.82, 2.24) is 0 Å². The standard InChI is InChI=1S/C10H16O4/c1-3-13-9-6-5-8(11)7-10(9,12)14-4-2/h5-6,11-12H,3-4,7H2,1-2H3. The van der Waals surface area contributed by atoms with E-state index in [9.17, 15) is 10.2 Å². The molecule has 0 bridgehead atoms. The summed E-state index contributed by atoms with van der Waals surface area (Å²) in [5.74, 6) is -1.08. The van der Waals surface area contributed by atoms with Crippen molar-refractivity contribution in [3.05, 3.63) is 23.7 Å². The van der Waals surface area contributed by atoms with Gasteiger partial charge in [0.1, 0.15) is 0 Å². The molecule has 0 aromatic rings. The first-order chi connectivity index (χ1) is 6.62. The first-order valence-electron chi connectivity index (χ1n) is 4.71. The number of aliphatic hydroxyl groups is 2. The predicted octanol–water partition coefficient (Wildman–Crippen LogP) is 1.48. The molecule has 1 atom stereocenters. The Labute approximate surface area is 83.5 Å². The molecule has 0 fully saturated rings. The molecule has 0 saturated heterocycles. The SMILES string of the molecule is CCOC1=CC=C(O)CC1(O)OCC. The number of rotatable bonds is 4. The van der Waals surface area contributed by atoms with E-state index >= 15 is 0 Å². The smallest absolute Gasteiger partial charge is 0.232 e. The zero-order valence-electron chi connectivity index (χ0n) is 8.49. The van der Waals surface area contributed by atoms with Gasteiger partial charge in [-0.2, -0.15) is 0 Å². The number of hydrogen-bond acceptors (Lipinski definition) is 4. The Balaban J connectivity index is 2.83. The van der Waals surface area contributed by atoms with E-state index in [-0.39, 0.29) is 12.2 Å². The normalized spacial score (nSPS) is 26.8. The van der Waals surface area contributed by atoms with E-state index in [0.717, 1.165) is 0 Å². The summed E-state index contributed by atoms with van der Waals surface area (Å²) in [4.78, 5) is 0. The van der Waals surface area contributed by atoms with Crippen molar-refractivity contribution in [3.8, 4) is 0 Å². The molecule has 0 aromatic carbocycles. The lowest BCUT2D eigenvalue weighted by Crippen LogP contribution is -2.38. The quantitative estimate of drug-likeness (QED) is 0.675. The molecule has 1 aliphatic rings. The third kappa shape index (κ3) is 2.27. The van der Waals surface area contributed by atoms with Crippen molar-refractivity contribution in [3.63, 3.8) is 0 Å². The van der Waals surface area contributed by atoms with Gasteiger partial charge in [0.15, 0.2) is 5.76 Å². The molecule has 2 N–H and O–H groups in total. The fraction of sp³-hybridized carbons (Fsp3) is 0.600. The van der Waals surface area contributed by atoms with Crippen molar-refractivity contribution < 1.29 is 19.7 Å². The largest absolute Gasteiger partial charge is 0.512 e. The van der Waals surface area contributed by atoms with E-state index in [1.165, 1.54) is 12.2 Å². The Morgan fingerprint density at radius 3 is 2.64 bits per heavy atom. The van der Waals surface area contributed by atoms with Gasteiger partial charge in [-0.25, -0.2) is 0 Å². The highest BCUT2D eigenvalue weighted by Crippen LogP contribution is 2.30. The summed E-state index contributed by atoms with van der Waals surface area (Å²) in [7, 11) is 0. The fourth-order valence-corrected chi connectivity index (χ4v) is 1.37. The maximum absolute atomic E-state index is 10.0. The highest BCUT2D eigenvalue weighted by molar-refractivity contribution is 5.23. The number of ether oxygens (including phenoxy) is 2. The monoisotopic (exact) mass is 200 g/mol. The van der Waals surface area contributed by atoms with E-state index in [1.54, 1.807) is 6.92 Å². The van der Waals surface area contributed by atoms with Crippen LogP contribution in [0.5, 0.6) is 0 Å². The molecule has 0 heterocycles. The van der Waals surface area contributed by atoms with Crippen LogP contribution in [0.15, 0.2) is 23.7 Å². The van der Waals surface area contributed by atoms with Crippen LogP contribution in [-0.4, -0.2) is 29.2 Å². The second kappa shape index (κ2) is 4.48. The molecule has 0 radical (unpaired) electrons. The molecule has 4 nitrogen and oxygen atoms in total. The van der Waals surface area contributed by atoms with Crippen LogP contribution < -0.4 is 0 Å². The topological polar surface area (TPSA) is 58.9 Å². The van der Waals surface area contributed by atoms with Crippen molar-refractivity contribution in [2.75, 3.05) is 13.2 Å². The minimum atomic E-state index is -1.51. The summed E-state index contributed by atoms with van der Waals surface area (Å²) >= 11 is 0. The molecule has 0 amide bonds. The highest BCUT2D eigenvalue weighted by Gasteiger charge is 2.37. The van der Waals surface area contributed by atoms with Gasteiger partial charge in [0.2, 0.25) is 5.79 Å². The maximum Gasteiger partial charge on any atom is 0.232 e. The van der Waals surface area contributed by atoms with Crippen LogP contribution >= 0.6 is 0 Å². The third-order valence-corrected chi connectivity index (χ3v) is 1.92. The first kappa shape index (κ1) is 11.1. The summed E-state index contributed by atoms with van der Waals surface area (Å²) in [6.45, 7) is 4.41. The molecule has 1 rings (SSSR count). The average Bonchev–Trinajstić information content (AvgIpc) is 2.10. The van der Waals surface area contributed by atoms with Crippen molar-refractivity contribution in [2.45, 2.75) is 26.1 Å². The summed E-state index contributed by atoms with van der Waals surface area (Å²) in [6.07, 6.45) is 3.06. The van der Waals surface area contributed by atoms with Gasteiger partial charge in [-0.3, -0.25) is 0 Å². The predicted molar refractivity (Wildman–Crippen MR) is 51.6 cm³/mol. The average molecular weight is 200 g/mol. The zero-order valence-corrected chi connectivity index (χ0v) is 8.49. The summed E-state index contributed by atoms with van der Waals surface area (Å²) in [5, 5.41) is 19.3. The summed E-state index contributed by atoms with van der Waals surface area (Å²) < 4.78 is 10.4. The van der Waals surface area contributed by atoms with Gasteiger partial charge < -0.3 is 19.7 Å². The summed E-state index contributed by atoms with van der Waals surface area (Å²) in [5.41, 5.74) is 0. The zero-order chi connectivity index (χ0) is 10.6. The van der Waals surface area contributed by atoms with E-state index in [4.69, 9.17) is 9.47 Å². The molecule has 80 valence electrons. The van der Waals surface area contributed by atoms with Crippen LogP contribution in [0.4, 0.5) is 0 Å². The maximum atomic E-state index is 10.0. The number of aliphatic hydroxyl groups excluding tert-OH is 1. The third-order valence-electron chi connectivity index (χ3n) is 1.92. The molecule has 4 heteroatoms. The Morgan fingerprint density at radius 2 is 2.07 bits per heavy atom. The van der Waals surface area contributed by atoms with Gasteiger partial charge in [0.05, 0.1) is 18.8 Å². The van der Waals surface area contributed by atoms with Gasteiger partial charge >= 0.3 is 0 Å². The van der Waals surface area contributed by atoms with E-state index in [0.29, 0.717) is 19.0 Å². The van der Waals surface area contributed by atoms with Gasteiger partial charge in [-0.05, 0) is 26.0 Å². The Kier molecular flexibility index (Phi) is 3.55. The Morgan fingerprint density at radius 1 is 1.36 bits per heavy atom. The number of allylic oxidation sites excluding steroid dienone is 2. The van der Waals surface area contributed by atoms with Crippen LogP contribution in [0, 0.1) is 0 Å². The van der Waals surface area contributed by atoms with Gasteiger partial charge in [-0.1, -0.05) is 0 Å². The van der Waals surface area contributed by atoms with E-state index in [1.807, 2.05) is 6.92 Å². The second-order valence-corrected chi connectivity index (χ2v) is 3.02. The highest BCUT2D eigenvalue weighted by atomic mass is 16.6. The van der Waals surface area contributed by atoms with Gasteiger partial charge in [0, 0.05) is 6.61 Å². The molecular weight excluding hydrogens is 184 g/mol. The van der Waals surface area contributed by atoms with E-state index in [2.05, 4.69) is 0 Å². The molecule has 0 aromatic heterocycles. The lowest BCUT2D eigenvalue weighted by molar-refractivity contribution is -0.200. The van der Waals surface area contributed by atoms with Crippen LogP contribution in [0.25, 0.3) is 0 Å². The Hall–Kier alpha value is -1.00. The lowest BCUT2D eigenvalue weighted by Gasteiger charge is -2.31.